The molecule has 5 nitrogen and oxygen atoms in total. The van der Waals surface area contributed by atoms with Gasteiger partial charge in [0.2, 0.25) is 10.0 Å². The molecule has 100 valence electrons. The van der Waals surface area contributed by atoms with Crippen LogP contribution in [0, 0.1) is 6.92 Å². The molecule has 0 bridgehead atoms. The molecule has 1 atom stereocenters. The van der Waals surface area contributed by atoms with Crippen molar-refractivity contribution in [3.63, 3.8) is 0 Å². The zero-order chi connectivity index (χ0) is 13.8. The zero-order valence-corrected chi connectivity index (χ0v) is 11.2. The molecule has 0 saturated carbocycles. The number of aryl methyl sites for hydroxylation is 1. The molecule has 0 fully saturated rings. The highest BCUT2D eigenvalue weighted by Gasteiger charge is 2.20. The van der Waals surface area contributed by atoms with E-state index in [1.165, 1.54) is 12.1 Å². The average Bonchev–Trinajstić information content (AvgIpc) is 2.28. The van der Waals surface area contributed by atoms with Gasteiger partial charge in [0, 0.05) is 0 Å². The molecule has 0 heterocycles. The van der Waals surface area contributed by atoms with Gasteiger partial charge in [0.1, 0.15) is 0 Å². The summed E-state index contributed by atoms with van der Waals surface area (Å²) in [6.45, 7) is 3.61. The smallest absolute Gasteiger partial charge is 0.241 e. The van der Waals surface area contributed by atoms with Crippen LogP contribution < -0.4 is 9.83 Å². The van der Waals surface area contributed by atoms with Gasteiger partial charge in [-0.3, -0.25) is 0 Å². The monoisotopic (exact) mass is 270 g/mol. The number of benzene rings is 1. The molecule has 1 rings (SSSR count). The molecule has 18 heavy (non-hydrogen) atoms. The van der Waals surface area contributed by atoms with Gasteiger partial charge in [-0.15, -0.1) is 0 Å². The second kappa shape index (κ2) is 5.97. The summed E-state index contributed by atoms with van der Waals surface area (Å²) >= 11 is 0. The summed E-state index contributed by atoms with van der Waals surface area (Å²) in [7, 11) is -3.81. The highest BCUT2D eigenvalue weighted by molar-refractivity contribution is 7.89. The normalized spacial score (nSPS) is 13.2. The molecule has 1 aromatic carbocycles. The van der Waals surface area contributed by atoms with Gasteiger partial charge in [0.05, 0.1) is 16.9 Å². The van der Waals surface area contributed by atoms with Crippen LogP contribution in [0.25, 0.3) is 0 Å². The highest BCUT2D eigenvalue weighted by atomic mass is 32.2. The Balaban J connectivity index is 2.93. The second-order valence-electron chi connectivity index (χ2n) is 4.09. The van der Waals surface area contributed by atoms with Crippen LogP contribution in [-0.2, 0) is 14.8 Å². The third-order valence-corrected chi connectivity index (χ3v) is 3.98. The number of hydrogen-bond donors (Lipinski definition) is 1. The topological polar surface area (TPSA) is 86.3 Å². The largest absolute Gasteiger partial charge is 0.548 e. The summed E-state index contributed by atoms with van der Waals surface area (Å²) in [6, 6.07) is 5.00. The molecule has 0 aliphatic heterocycles. The number of rotatable bonds is 6. The van der Waals surface area contributed by atoms with Crippen molar-refractivity contribution in [1.82, 2.24) is 4.72 Å². The lowest BCUT2D eigenvalue weighted by Gasteiger charge is -2.18. The summed E-state index contributed by atoms with van der Waals surface area (Å²) in [5.74, 6) is -1.41. The van der Waals surface area contributed by atoms with Gasteiger partial charge in [0.25, 0.3) is 0 Å². The van der Waals surface area contributed by atoms with E-state index in [0.717, 1.165) is 5.56 Å². The van der Waals surface area contributed by atoms with Crippen LogP contribution in [0.3, 0.4) is 0 Å². The Morgan fingerprint density at radius 2 is 1.89 bits per heavy atom. The molecule has 1 aromatic rings. The van der Waals surface area contributed by atoms with Crippen LogP contribution in [0.1, 0.15) is 25.3 Å². The van der Waals surface area contributed by atoms with E-state index in [4.69, 9.17) is 0 Å². The van der Waals surface area contributed by atoms with E-state index in [-0.39, 0.29) is 11.3 Å². The molecule has 0 amide bonds. The Bertz CT molecular complexity index is 507. The number of carboxylic acid groups (broad SMARTS) is 1. The first kappa shape index (κ1) is 14.7. The predicted octanol–water partition coefficient (Wildman–Crippen LogP) is 0.192. The Hall–Kier alpha value is -1.40. The van der Waals surface area contributed by atoms with Crippen LogP contribution in [0.15, 0.2) is 29.2 Å². The second-order valence-corrected chi connectivity index (χ2v) is 5.81. The van der Waals surface area contributed by atoms with Crippen LogP contribution >= 0.6 is 0 Å². The first-order valence-electron chi connectivity index (χ1n) is 5.66. The molecule has 0 saturated heterocycles. The van der Waals surface area contributed by atoms with E-state index in [1.807, 2.05) is 6.92 Å². The Morgan fingerprint density at radius 1 is 1.33 bits per heavy atom. The summed E-state index contributed by atoms with van der Waals surface area (Å²) < 4.78 is 26.0. The SMILES string of the molecule is CCCC(NS(=O)(=O)c1ccc(C)cc1)C(=O)[O-]. The molecule has 6 heteroatoms. The number of sulfonamides is 1. The number of aliphatic carboxylic acids is 1. The van der Waals surface area contributed by atoms with E-state index in [1.54, 1.807) is 19.1 Å². The Morgan fingerprint density at radius 3 is 2.33 bits per heavy atom. The van der Waals surface area contributed by atoms with Gasteiger partial charge in [-0.1, -0.05) is 31.0 Å². The average molecular weight is 270 g/mol. The van der Waals surface area contributed by atoms with E-state index in [2.05, 4.69) is 4.72 Å². The van der Waals surface area contributed by atoms with E-state index in [9.17, 15) is 18.3 Å². The maximum Gasteiger partial charge on any atom is 0.241 e. The van der Waals surface area contributed by atoms with Crippen molar-refractivity contribution in [2.75, 3.05) is 0 Å². The van der Waals surface area contributed by atoms with Crippen molar-refractivity contribution in [3.05, 3.63) is 29.8 Å². The minimum atomic E-state index is -3.81. The van der Waals surface area contributed by atoms with Gasteiger partial charge in [0.15, 0.2) is 0 Å². The number of carbonyl (C=O) groups excluding carboxylic acids is 1. The fourth-order valence-electron chi connectivity index (χ4n) is 1.49. The molecule has 0 radical (unpaired) electrons. The quantitative estimate of drug-likeness (QED) is 0.799. The van der Waals surface area contributed by atoms with Crippen LogP contribution in [-0.4, -0.2) is 20.4 Å². The molecule has 0 aliphatic carbocycles. The maximum absolute atomic E-state index is 11.9. The van der Waals surface area contributed by atoms with Crippen molar-refractivity contribution in [1.29, 1.82) is 0 Å². The highest BCUT2D eigenvalue weighted by Crippen LogP contribution is 2.11. The minimum absolute atomic E-state index is 0.0513. The third-order valence-electron chi connectivity index (χ3n) is 2.49. The first-order valence-corrected chi connectivity index (χ1v) is 7.15. The first-order chi connectivity index (χ1) is 8.36. The zero-order valence-electron chi connectivity index (χ0n) is 10.3. The van der Waals surface area contributed by atoms with E-state index in [0.29, 0.717) is 6.42 Å². The fraction of sp³-hybridized carbons (Fsp3) is 0.417. The van der Waals surface area contributed by atoms with E-state index >= 15 is 0 Å². The lowest BCUT2D eigenvalue weighted by molar-refractivity contribution is -0.308. The minimum Gasteiger partial charge on any atom is -0.548 e. The van der Waals surface area contributed by atoms with Crippen LogP contribution in [0.4, 0.5) is 0 Å². The molecular weight excluding hydrogens is 254 g/mol. The van der Waals surface area contributed by atoms with Crippen LogP contribution in [0.5, 0.6) is 0 Å². The van der Waals surface area contributed by atoms with Crippen molar-refractivity contribution in [3.8, 4) is 0 Å². The predicted molar refractivity (Wildman–Crippen MR) is 65.2 cm³/mol. The molecule has 1 N–H and O–H groups in total. The molecule has 0 aliphatic rings. The summed E-state index contributed by atoms with van der Waals surface area (Å²) in [4.78, 5) is 10.9. The molecule has 0 aromatic heterocycles. The van der Waals surface area contributed by atoms with Crippen LogP contribution in [0.2, 0.25) is 0 Å². The Kier molecular flexibility index (Phi) is 4.86. The fourth-order valence-corrected chi connectivity index (χ4v) is 2.71. The molecule has 1 unspecified atom stereocenters. The standard InChI is InChI=1S/C12H17NO4S/c1-3-4-11(12(14)15)13-18(16,17)10-7-5-9(2)6-8-10/h5-8,11,13H,3-4H2,1-2H3,(H,14,15)/p-1. The van der Waals surface area contributed by atoms with Gasteiger partial charge >= 0.3 is 0 Å². The lowest BCUT2D eigenvalue weighted by atomic mass is 10.2. The van der Waals surface area contributed by atoms with Gasteiger partial charge in [-0.2, -0.15) is 0 Å². The van der Waals surface area contributed by atoms with Gasteiger partial charge in [-0.25, -0.2) is 13.1 Å². The summed E-state index contributed by atoms with van der Waals surface area (Å²) in [5.41, 5.74) is 0.930. The van der Waals surface area contributed by atoms with Gasteiger partial charge in [-0.05, 0) is 25.5 Å². The molecule has 0 spiro atoms. The Labute approximate surface area is 107 Å². The number of carboxylic acids is 1. The maximum atomic E-state index is 11.9. The third kappa shape index (κ3) is 3.82. The molecular formula is C12H16NO4S-. The number of carbonyl (C=O) groups is 1. The van der Waals surface area contributed by atoms with Crippen molar-refractivity contribution < 1.29 is 18.3 Å². The lowest BCUT2D eigenvalue weighted by Crippen LogP contribution is -2.47. The number of nitrogens with one attached hydrogen (secondary N) is 1. The number of hydrogen-bond acceptors (Lipinski definition) is 4. The van der Waals surface area contributed by atoms with Crippen molar-refractivity contribution >= 4 is 16.0 Å². The van der Waals surface area contributed by atoms with Crippen molar-refractivity contribution in [2.24, 2.45) is 0 Å². The van der Waals surface area contributed by atoms with E-state index < -0.39 is 22.0 Å². The van der Waals surface area contributed by atoms with Gasteiger partial charge < -0.3 is 9.90 Å². The summed E-state index contributed by atoms with van der Waals surface area (Å²) in [6.07, 6.45) is 0.752. The summed E-state index contributed by atoms with van der Waals surface area (Å²) in [5, 5.41) is 10.8. The van der Waals surface area contributed by atoms with Crippen molar-refractivity contribution in [2.45, 2.75) is 37.6 Å².